The Balaban J connectivity index is 1.59. The Morgan fingerprint density at radius 2 is 2.04 bits per heavy atom. The van der Waals surface area contributed by atoms with E-state index in [1.165, 1.54) is 11.4 Å². The van der Waals surface area contributed by atoms with Gasteiger partial charge >= 0.3 is 0 Å². The summed E-state index contributed by atoms with van der Waals surface area (Å²) < 4.78 is 37.4. The van der Waals surface area contributed by atoms with E-state index in [-0.39, 0.29) is 18.3 Å². The molecule has 0 bridgehead atoms. The molecule has 3 heterocycles. The molecule has 10 heteroatoms. The molecule has 2 aliphatic rings. The van der Waals surface area contributed by atoms with E-state index in [1.54, 1.807) is 15.6 Å². The van der Waals surface area contributed by atoms with Gasteiger partial charge in [0.2, 0.25) is 15.9 Å². The molecule has 0 spiro atoms. The van der Waals surface area contributed by atoms with Crippen LogP contribution in [-0.4, -0.2) is 85.6 Å². The van der Waals surface area contributed by atoms with Crippen molar-refractivity contribution in [1.82, 2.24) is 19.0 Å². The van der Waals surface area contributed by atoms with Crippen molar-refractivity contribution in [2.75, 3.05) is 52.3 Å². The maximum Gasteiger partial charge on any atom is 0.274 e. The molecule has 1 aromatic rings. The molecular formula is C13H20N4O5S. The summed E-state index contributed by atoms with van der Waals surface area (Å²) in [4.78, 5) is 14.1. The fraction of sp³-hybridized carbons (Fsp3) is 0.692. The van der Waals surface area contributed by atoms with Gasteiger partial charge in [0.15, 0.2) is 5.69 Å². The number of ether oxygens (including phenoxy) is 2. The van der Waals surface area contributed by atoms with E-state index in [0.717, 1.165) is 0 Å². The molecule has 0 aliphatic carbocycles. The molecule has 1 amide bonds. The average Bonchev–Trinajstić information content (AvgIpc) is 3.14. The van der Waals surface area contributed by atoms with E-state index in [1.807, 2.05) is 0 Å². The van der Waals surface area contributed by atoms with Crippen molar-refractivity contribution in [2.24, 2.45) is 0 Å². The van der Waals surface area contributed by atoms with E-state index in [0.29, 0.717) is 50.9 Å². The zero-order chi connectivity index (χ0) is 16.4. The van der Waals surface area contributed by atoms with Crippen LogP contribution in [0.25, 0.3) is 0 Å². The van der Waals surface area contributed by atoms with Crippen LogP contribution in [0, 0.1) is 0 Å². The van der Waals surface area contributed by atoms with Crippen molar-refractivity contribution in [3.05, 3.63) is 11.8 Å². The van der Waals surface area contributed by atoms with E-state index in [4.69, 9.17) is 9.47 Å². The number of fused-ring (bicyclic) bond motifs is 1. The summed E-state index contributed by atoms with van der Waals surface area (Å²) in [5.74, 6) is 0.376. The molecule has 0 saturated carbocycles. The molecule has 0 atom stereocenters. The van der Waals surface area contributed by atoms with Crippen molar-refractivity contribution in [2.45, 2.75) is 6.54 Å². The van der Waals surface area contributed by atoms with Gasteiger partial charge in [0.05, 0.1) is 18.9 Å². The van der Waals surface area contributed by atoms with Crippen molar-refractivity contribution in [3.8, 4) is 5.88 Å². The van der Waals surface area contributed by atoms with Gasteiger partial charge < -0.3 is 14.4 Å². The van der Waals surface area contributed by atoms with Crippen LogP contribution < -0.4 is 4.74 Å². The summed E-state index contributed by atoms with van der Waals surface area (Å²) in [6.45, 7) is 2.69. The van der Waals surface area contributed by atoms with Gasteiger partial charge in [-0.05, 0) is 0 Å². The first-order valence-electron chi connectivity index (χ1n) is 7.48. The van der Waals surface area contributed by atoms with Gasteiger partial charge in [0.1, 0.15) is 6.61 Å². The molecule has 9 nitrogen and oxygen atoms in total. The highest BCUT2D eigenvalue weighted by Gasteiger charge is 2.30. The predicted octanol–water partition coefficient (Wildman–Crippen LogP) is -0.990. The number of methoxy groups -OCH3 is 1. The van der Waals surface area contributed by atoms with Crippen LogP contribution in [0.3, 0.4) is 0 Å². The second-order valence-electron chi connectivity index (χ2n) is 5.44. The Hall–Kier alpha value is -1.65. The smallest absolute Gasteiger partial charge is 0.274 e. The van der Waals surface area contributed by atoms with Crippen LogP contribution >= 0.6 is 0 Å². The van der Waals surface area contributed by atoms with Crippen LogP contribution in [0.4, 0.5) is 0 Å². The molecule has 1 saturated heterocycles. The maximum absolute atomic E-state index is 12.4. The lowest BCUT2D eigenvalue weighted by atomic mass is 10.3. The molecule has 128 valence electrons. The summed E-state index contributed by atoms with van der Waals surface area (Å²) in [6, 6.07) is 1.64. The Bertz CT molecular complexity index is 657. The van der Waals surface area contributed by atoms with Crippen LogP contribution in [0.1, 0.15) is 10.5 Å². The third kappa shape index (κ3) is 3.33. The van der Waals surface area contributed by atoms with Crippen molar-refractivity contribution in [3.63, 3.8) is 0 Å². The molecule has 2 aliphatic heterocycles. The molecular weight excluding hydrogens is 324 g/mol. The number of aromatic nitrogens is 2. The number of carbonyl (C=O) groups is 1. The number of nitrogens with zero attached hydrogens (tertiary/aromatic N) is 4. The van der Waals surface area contributed by atoms with Crippen LogP contribution in [0.15, 0.2) is 6.07 Å². The summed E-state index contributed by atoms with van der Waals surface area (Å²) in [6.07, 6.45) is 0. The summed E-state index contributed by atoms with van der Waals surface area (Å²) in [5.41, 5.74) is 0.343. The number of rotatable bonds is 5. The fourth-order valence-corrected chi connectivity index (χ4v) is 4.02. The van der Waals surface area contributed by atoms with E-state index in [9.17, 15) is 13.2 Å². The predicted molar refractivity (Wildman–Crippen MR) is 80.9 cm³/mol. The van der Waals surface area contributed by atoms with Gasteiger partial charge in [-0.1, -0.05) is 0 Å². The highest BCUT2D eigenvalue weighted by atomic mass is 32.2. The lowest BCUT2D eigenvalue weighted by Crippen LogP contribution is -2.51. The quantitative estimate of drug-likeness (QED) is 0.681. The standard InChI is InChI=1S/C13H20N4O5S/c1-21-8-9-23(19,20)16-4-2-15(3-5-16)13(18)11-10-12-17(14-11)6-7-22-12/h10H,2-9H2,1H3. The Kier molecular flexibility index (Phi) is 4.55. The Morgan fingerprint density at radius 1 is 1.30 bits per heavy atom. The first-order chi connectivity index (χ1) is 11.0. The van der Waals surface area contributed by atoms with E-state index >= 15 is 0 Å². The third-order valence-corrected chi connectivity index (χ3v) is 5.81. The number of piperazine rings is 1. The SMILES string of the molecule is COCCS(=O)(=O)N1CCN(C(=O)c2cc3n(n2)CCO3)CC1. The van der Waals surface area contributed by atoms with E-state index in [2.05, 4.69) is 5.10 Å². The Morgan fingerprint density at radius 3 is 2.70 bits per heavy atom. The number of sulfonamides is 1. The second kappa shape index (κ2) is 6.46. The third-order valence-electron chi connectivity index (χ3n) is 3.98. The molecule has 1 aromatic heterocycles. The first kappa shape index (κ1) is 16.2. The molecule has 0 unspecified atom stereocenters. The largest absolute Gasteiger partial charge is 0.476 e. The molecule has 0 radical (unpaired) electrons. The number of amides is 1. The monoisotopic (exact) mass is 344 g/mol. The van der Waals surface area contributed by atoms with Gasteiger partial charge in [-0.15, -0.1) is 0 Å². The Labute approximate surface area is 134 Å². The van der Waals surface area contributed by atoms with Gasteiger partial charge in [-0.3, -0.25) is 4.79 Å². The molecule has 0 N–H and O–H groups in total. The normalized spacial score (nSPS) is 18.7. The highest BCUT2D eigenvalue weighted by Crippen LogP contribution is 2.20. The zero-order valence-corrected chi connectivity index (χ0v) is 13.8. The van der Waals surface area contributed by atoms with Crippen LogP contribution in [0.2, 0.25) is 0 Å². The van der Waals surface area contributed by atoms with Gasteiger partial charge in [-0.25, -0.2) is 13.1 Å². The summed E-state index contributed by atoms with van der Waals surface area (Å²) in [5, 5.41) is 4.23. The van der Waals surface area contributed by atoms with Crippen molar-refractivity contribution in [1.29, 1.82) is 0 Å². The maximum atomic E-state index is 12.4. The number of hydrogen-bond donors (Lipinski definition) is 0. The highest BCUT2D eigenvalue weighted by molar-refractivity contribution is 7.89. The van der Waals surface area contributed by atoms with Gasteiger partial charge in [0.25, 0.3) is 5.91 Å². The minimum atomic E-state index is -3.33. The summed E-state index contributed by atoms with van der Waals surface area (Å²) >= 11 is 0. The van der Waals surface area contributed by atoms with Gasteiger partial charge in [0, 0.05) is 39.4 Å². The van der Waals surface area contributed by atoms with E-state index < -0.39 is 10.0 Å². The van der Waals surface area contributed by atoms with Crippen molar-refractivity contribution >= 4 is 15.9 Å². The topological polar surface area (TPSA) is 94.0 Å². The number of hydrogen-bond acceptors (Lipinski definition) is 6. The molecule has 0 aromatic carbocycles. The number of carbonyl (C=O) groups excluding carboxylic acids is 1. The second-order valence-corrected chi connectivity index (χ2v) is 7.53. The van der Waals surface area contributed by atoms with Crippen LogP contribution in [0.5, 0.6) is 5.88 Å². The minimum absolute atomic E-state index is 0.0391. The first-order valence-corrected chi connectivity index (χ1v) is 9.09. The minimum Gasteiger partial charge on any atom is -0.476 e. The van der Waals surface area contributed by atoms with Crippen LogP contribution in [-0.2, 0) is 21.3 Å². The fourth-order valence-electron chi connectivity index (χ4n) is 2.67. The zero-order valence-electron chi connectivity index (χ0n) is 13.0. The summed E-state index contributed by atoms with van der Waals surface area (Å²) in [7, 11) is -1.86. The molecule has 3 rings (SSSR count). The molecule has 23 heavy (non-hydrogen) atoms. The average molecular weight is 344 g/mol. The van der Waals surface area contributed by atoms with Crippen molar-refractivity contribution < 1.29 is 22.7 Å². The molecule has 1 fully saturated rings. The lowest BCUT2D eigenvalue weighted by Gasteiger charge is -2.33. The lowest BCUT2D eigenvalue weighted by molar-refractivity contribution is 0.0690. The van der Waals surface area contributed by atoms with Gasteiger partial charge in [-0.2, -0.15) is 9.40 Å².